The summed E-state index contributed by atoms with van der Waals surface area (Å²) in [4.78, 5) is 15.0. The van der Waals surface area contributed by atoms with Crippen LogP contribution < -0.4 is 0 Å². The molecule has 0 radical (unpaired) electrons. The average Bonchev–Trinajstić information content (AvgIpc) is 2.46. The van der Waals surface area contributed by atoms with Crippen molar-refractivity contribution in [1.29, 1.82) is 0 Å². The fourth-order valence-electron chi connectivity index (χ4n) is 2.62. The molecule has 0 aliphatic carbocycles. The number of carbonyl (C=O) groups excluding carboxylic acids is 1. The van der Waals surface area contributed by atoms with Gasteiger partial charge in [-0.15, -0.1) is 0 Å². The Morgan fingerprint density at radius 3 is 2.62 bits per heavy atom. The number of amides is 1. The zero-order chi connectivity index (χ0) is 16.0. The van der Waals surface area contributed by atoms with Crippen LogP contribution in [-0.2, 0) is 9.22 Å². The first-order valence-corrected chi connectivity index (χ1v) is 12.9. The number of nitrogens with zero attached hydrogens (tertiary/aromatic N) is 1. The molecule has 21 heavy (non-hydrogen) atoms. The molecule has 2 aliphatic heterocycles. The van der Waals surface area contributed by atoms with Crippen molar-refractivity contribution in [2.24, 2.45) is 5.92 Å². The van der Waals surface area contributed by atoms with Crippen molar-refractivity contribution in [2.45, 2.75) is 69.1 Å². The number of hydrogen-bond donors (Lipinski definition) is 0. The summed E-state index contributed by atoms with van der Waals surface area (Å²) in [6, 6.07) is 0. The van der Waals surface area contributed by atoms with E-state index in [-0.39, 0.29) is 17.1 Å². The van der Waals surface area contributed by atoms with Crippen LogP contribution in [0.15, 0.2) is 11.6 Å². The van der Waals surface area contributed by atoms with Gasteiger partial charge in [-0.3, -0.25) is 0 Å². The Morgan fingerprint density at radius 1 is 1.43 bits per heavy atom. The van der Waals surface area contributed by atoms with Gasteiger partial charge in [-0.2, -0.15) is 0 Å². The van der Waals surface area contributed by atoms with E-state index in [1.807, 2.05) is 0 Å². The second-order valence-corrected chi connectivity index (χ2v) is 14.9. The van der Waals surface area contributed by atoms with E-state index in [0.717, 1.165) is 6.54 Å². The minimum absolute atomic E-state index is 0.0555. The molecule has 3 nitrogen and oxygen atoms in total. The van der Waals surface area contributed by atoms with Crippen molar-refractivity contribution >= 4 is 29.2 Å². The van der Waals surface area contributed by atoms with Gasteiger partial charge in [0.1, 0.15) is 0 Å². The molecule has 1 amide bonds. The normalized spacial score (nSPS) is 28.4. The van der Waals surface area contributed by atoms with Crippen molar-refractivity contribution < 1.29 is 9.22 Å². The number of β-lactam (4-membered cyclic amide) rings is 1. The Kier molecular flexibility index (Phi) is 4.80. The number of allylic oxidation sites excluding steroid dienone is 1. The summed E-state index contributed by atoms with van der Waals surface area (Å²) in [6.07, 6.45) is 2.27. The van der Waals surface area contributed by atoms with Gasteiger partial charge in [-0.25, -0.2) is 0 Å². The summed E-state index contributed by atoms with van der Waals surface area (Å²) in [5, 5.41) is 1.37. The summed E-state index contributed by atoms with van der Waals surface area (Å²) in [7, 11) is -1.80. The molecule has 1 saturated heterocycles. The molecule has 0 unspecified atom stereocenters. The summed E-state index contributed by atoms with van der Waals surface area (Å²) in [6.45, 7) is 16.4. The van der Waals surface area contributed by atoms with E-state index in [2.05, 4.69) is 58.7 Å². The first-order chi connectivity index (χ1) is 9.54. The summed E-state index contributed by atoms with van der Waals surface area (Å²) in [5.41, 5.74) is 1.44. The number of fused-ring (bicyclic) bond motifs is 1. The molecule has 1 fully saturated rings. The number of rotatable bonds is 3. The molecule has 0 saturated carbocycles. The van der Waals surface area contributed by atoms with Crippen molar-refractivity contribution in [1.82, 2.24) is 4.90 Å². The van der Waals surface area contributed by atoms with Gasteiger partial charge < -0.3 is 0 Å². The average molecular weight is 374 g/mol. The quantitative estimate of drug-likeness (QED) is 0.431. The van der Waals surface area contributed by atoms with Crippen molar-refractivity contribution in [3.63, 3.8) is 0 Å². The second kappa shape index (κ2) is 5.84. The summed E-state index contributed by atoms with van der Waals surface area (Å²) >= 11 is 0.487. The van der Waals surface area contributed by atoms with Gasteiger partial charge in [0, 0.05) is 0 Å². The molecular weight excluding hydrogens is 345 g/mol. The van der Waals surface area contributed by atoms with Crippen molar-refractivity contribution in [2.75, 3.05) is 6.54 Å². The molecule has 3 atom stereocenters. The van der Waals surface area contributed by atoms with Gasteiger partial charge >= 0.3 is 137 Å². The fraction of sp³-hybridized carbons (Fsp3) is 0.812. The zero-order valence-electron chi connectivity index (χ0n) is 14.4. The Morgan fingerprint density at radius 2 is 2.05 bits per heavy atom. The van der Waals surface area contributed by atoms with Crippen LogP contribution in [0.3, 0.4) is 0 Å². The molecule has 2 rings (SSSR count). The first kappa shape index (κ1) is 17.3. The van der Waals surface area contributed by atoms with Crippen LogP contribution >= 0.6 is 0 Å². The van der Waals surface area contributed by atoms with Gasteiger partial charge in [-0.1, -0.05) is 0 Å². The minimum atomic E-state index is -1.80. The maximum atomic E-state index is 12.5. The molecule has 0 aromatic heterocycles. The van der Waals surface area contributed by atoms with Gasteiger partial charge in [-0.05, 0) is 0 Å². The molecule has 0 bridgehead atoms. The van der Waals surface area contributed by atoms with Gasteiger partial charge in [0.15, 0.2) is 0 Å². The topological polar surface area (TPSA) is 29.5 Å². The molecule has 5 heteroatoms. The maximum absolute atomic E-state index is 12.5. The van der Waals surface area contributed by atoms with E-state index in [4.69, 9.17) is 4.43 Å². The Hall–Kier alpha value is -0.0936. The molecular formula is C16H29NO2SeSi. The van der Waals surface area contributed by atoms with E-state index in [1.165, 1.54) is 10.9 Å². The predicted octanol–water partition coefficient (Wildman–Crippen LogP) is 3.26. The van der Waals surface area contributed by atoms with E-state index < -0.39 is 8.32 Å². The van der Waals surface area contributed by atoms with Crippen LogP contribution in [0.1, 0.15) is 34.6 Å². The summed E-state index contributed by atoms with van der Waals surface area (Å²) in [5.74, 6) is 0.400. The second-order valence-electron chi connectivity index (χ2n) is 7.85. The van der Waals surface area contributed by atoms with Crippen molar-refractivity contribution in [3.05, 3.63) is 11.6 Å². The van der Waals surface area contributed by atoms with Crippen LogP contribution in [0.25, 0.3) is 0 Å². The number of carbonyl (C=O) groups is 1. The molecule has 2 heterocycles. The summed E-state index contributed by atoms with van der Waals surface area (Å²) < 4.78 is 6.48. The van der Waals surface area contributed by atoms with Gasteiger partial charge in [0.25, 0.3) is 0 Å². The van der Waals surface area contributed by atoms with E-state index >= 15 is 0 Å². The fourth-order valence-corrected chi connectivity index (χ4v) is 7.12. The van der Waals surface area contributed by atoms with E-state index in [0.29, 0.717) is 25.8 Å². The van der Waals surface area contributed by atoms with Crippen LogP contribution in [0.5, 0.6) is 0 Å². The Balaban J connectivity index is 2.05. The molecule has 0 aromatic rings. The van der Waals surface area contributed by atoms with Crippen LogP contribution in [0.2, 0.25) is 23.5 Å². The standard InChI is InChI=1S/C16H29NO2SeSi/c1-11-8-9-17-14(18)13(15(17)20-10-11)12(2)19-21(6,7)16(3,4)5/h8,12-13,15H,9-10H2,1-7H3/t12-,13+,15-/m1/s1. The van der Waals surface area contributed by atoms with E-state index in [1.54, 1.807) is 0 Å². The molecule has 0 spiro atoms. The van der Waals surface area contributed by atoms with Crippen LogP contribution in [-0.4, -0.2) is 51.7 Å². The van der Waals surface area contributed by atoms with Gasteiger partial charge in [0.05, 0.1) is 0 Å². The third kappa shape index (κ3) is 3.31. The predicted molar refractivity (Wildman–Crippen MR) is 91.1 cm³/mol. The molecule has 120 valence electrons. The monoisotopic (exact) mass is 375 g/mol. The van der Waals surface area contributed by atoms with E-state index in [9.17, 15) is 4.79 Å². The third-order valence-electron chi connectivity index (χ3n) is 5.09. The van der Waals surface area contributed by atoms with Crippen molar-refractivity contribution in [3.8, 4) is 0 Å². The number of hydrogen-bond acceptors (Lipinski definition) is 2. The SMILES string of the molecule is CC1=CCN2C(=O)[C@H]([C@@H](C)O[Si](C)(C)C(C)(C)C)[C@H]2[Se]C1. The zero-order valence-corrected chi connectivity index (χ0v) is 17.1. The van der Waals surface area contributed by atoms with Crippen LogP contribution in [0.4, 0.5) is 0 Å². The van der Waals surface area contributed by atoms with Gasteiger partial charge in [0.2, 0.25) is 0 Å². The third-order valence-corrected chi connectivity index (χ3v) is 12.8. The molecule has 2 aliphatic rings. The Labute approximate surface area is 136 Å². The Bertz CT molecular complexity index is 456. The first-order valence-electron chi connectivity index (χ1n) is 7.80. The van der Waals surface area contributed by atoms with Crippen LogP contribution in [0, 0.1) is 5.92 Å². The molecule has 0 N–H and O–H groups in total. The molecule has 0 aromatic carbocycles.